The van der Waals surface area contributed by atoms with Crippen molar-refractivity contribution in [3.05, 3.63) is 26.1 Å². The highest BCUT2D eigenvalue weighted by molar-refractivity contribution is 9.11. The Hall–Kier alpha value is -0.660. The van der Waals surface area contributed by atoms with Gasteiger partial charge in [-0.15, -0.1) is 0 Å². The topological polar surface area (TPSA) is 70.6 Å². The fourth-order valence-electron chi connectivity index (χ4n) is 0.986. The molecular formula is C9H9Br2N3OS. The van der Waals surface area contributed by atoms with Gasteiger partial charge in [0.05, 0.1) is 10.7 Å². The molecule has 1 rings (SSSR count). The van der Waals surface area contributed by atoms with E-state index >= 15 is 0 Å². The van der Waals surface area contributed by atoms with Crippen molar-refractivity contribution in [1.29, 1.82) is 0 Å². The molecule has 0 amide bonds. The molecule has 0 heterocycles. The van der Waals surface area contributed by atoms with Crippen LogP contribution in [0.25, 0.3) is 0 Å². The number of nitrogens with two attached hydrogens (primary N) is 1. The number of hydrogen-bond donors (Lipinski definition) is 3. The zero-order valence-electron chi connectivity index (χ0n) is 8.29. The van der Waals surface area contributed by atoms with Crippen molar-refractivity contribution in [3.8, 4) is 5.75 Å². The van der Waals surface area contributed by atoms with Crippen LogP contribution in [0.3, 0.4) is 0 Å². The van der Waals surface area contributed by atoms with E-state index in [0.29, 0.717) is 10.0 Å². The van der Waals surface area contributed by atoms with Crippen LogP contribution in [-0.2, 0) is 0 Å². The minimum atomic E-state index is 0.0704. The Balaban J connectivity index is 3.06. The predicted octanol–water partition coefficient (Wildman–Crippen LogP) is 2.39. The van der Waals surface area contributed by atoms with Crippen LogP contribution in [0.5, 0.6) is 5.75 Å². The van der Waals surface area contributed by atoms with E-state index < -0.39 is 0 Å². The lowest BCUT2D eigenvalue weighted by Gasteiger charge is -2.07. The smallest absolute Gasteiger partial charge is 0.184 e. The van der Waals surface area contributed by atoms with Crippen LogP contribution in [0.15, 0.2) is 20.1 Å². The molecule has 0 saturated heterocycles. The summed E-state index contributed by atoms with van der Waals surface area (Å²) in [6.45, 7) is 1.88. The number of hydrazone groups is 1. The van der Waals surface area contributed by atoms with Gasteiger partial charge in [-0.05, 0) is 46.7 Å². The number of phenols is 1. The third-order valence-electron chi connectivity index (χ3n) is 1.83. The summed E-state index contributed by atoms with van der Waals surface area (Å²) in [4.78, 5) is 0. The molecule has 4 nitrogen and oxygen atoms in total. The minimum Gasteiger partial charge on any atom is -0.506 e. The molecule has 0 atom stereocenters. The molecule has 0 fully saturated rings. The maximum atomic E-state index is 9.82. The van der Waals surface area contributed by atoms with Gasteiger partial charge in [-0.25, -0.2) is 0 Å². The van der Waals surface area contributed by atoms with Gasteiger partial charge in [-0.1, -0.05) is 15.9 Å². The Labute approximate surface area is 115 Å². The van der Waals surface area contributed by atoms with Crippen LogP contribution in [0.2, 0.25) is 0 Å². The second kappa shape index (κ2) is 5.60. The van der Waals surface area contributed by atoms with Crippen LogP contribution in [-0.4, -0.2) is 16.4 Å². The van der Waals surface area contributed by atoms with Crippen LogP contribution >= 0.6 is 44.1 Å². The predicted molar refractivity (Wildman–Crippen MR) is 75.8 cm³/mol. The molecule has 0 saturated carbocycles. The summed E-state index contributed by atoms with van der Waals surface area (Å²) in [5, 5.41) is 13.7. The molecule has 4 N–H and O–H groups in total. The third kappa shape index (κ3) is 3.16. The van der Waals surface area contributed by atoms with Crippen molar-refractivity contribution in [1.82, 2.24) is 5.43 Å². The Morgan fingerprint density at radius 1 is 1.62 bits per heavy atom. The van der Waals surface area contributed by atoms with Gasteiger partial charge in [0.25, 0.3) is 0 Å². The molecule has 0 radical (unpaired) electrons. The van der Waals surface area contributed by atoms with Gasteiger partial charge in [0.15, 0.2) is 5.11 Å². The Morgan fingerprint density at radius 2 is 2.25 bits per heavy atom. The molecule has 86 valence electrons. The summed E-state index contributed by atoms with van der Waals surface area (Å²) in [5.41, 5.74) is 9.08. The zero-order valence-corrected chi connectivity index (χ0v) is 12.3. The first-order chi connectivity index (χ1) is 7.43. The number of thiocarbonyl (C=S) groups is 1. The van der Waals surface area contributed by atoms with Crippen LogP contribution in [0, 0.1) is 6.92 Å². The molecule has 0 unspecified atom stereocenters. The fraction of sp³-hybridized carbons (Fsp3) is 0.111. The summed E-state index contributed by atoms with van der Waals surface area (Å²) >= 11 is 11.3. The van der Waals surface area contributed by atoms with E-state index in [1.165, 1.54) is 6.21 Å². The SMILES string of the molecule is Cc1c(Br)cc(C=NNC(N)=S)c(O)c1Br. The second-order valence-corrected chi connectivity index (χ2v) is 5.06. The van der Waals surface area contributed by atoms with E-state index in [1.54, 1.807) is 6.07 Å². The fourth-order valence-corrected chi connectivity index (χ4v) is 2.19. The molecule has 0 spiro atoms. The Morgan fingerprint density at radius 3 is 2.81 bits per heavy atom. The molecular weight excluding hydrogens is 358 g/mol. The van der Waals surface area contributed by atoms with Gasteiger partial charge in [-0.2, -0.15) is 5.10 Å². The van der Waals surface area contributed by atoms with E-state index in [1.807, 2.05) is 6.92 Å². The van der Waals surface area contributed by atoms with Gasteiger partial charge < -0.3 is 10.8 Å². The largest absolute Gasteiger partial charge is 0.506 e. The first-order valence-electron chi connectivity index (χ1n) is 4.19. The van der Waals surface area contributed by atoms with E-state index in [-0.39, 0.29) is 10.9 Å². The van der Waals surface area contributed by atoms with Gasteiger partial charge in [0, 0.05) is 10.0 Å². The first kappa shape index (κ1) is 13.4. The lowest BCUT2D eigenvalue weighted by molar-refractivity contribution is 0.470. The quantitative estimate of drug-likeness (QED) is 0.427. The van der Waals surface area contributed by atoms with E-state index in [0.717, 1.165) is 10.0 Å². The molecule has 0 aliphatic heterocycles. The van der Waals surface area contributed by atoms with Crippen LogP contribution in [0.4, 0.5) is 0 Å². The summed E-state index contributed by atoms with van der Waals surface area (Å²) in [6, 6.07) is 1.75. The number of rotatable bonds is 2. The normalized spacial score (nSPS) is 10.7. The number of halogens is 2. The highest BCUT2D eigenvalue weighted by atomic mass is 79.9. The summed E-state index contributed by atoms with van der Waals surface area (Å²) in [5.74, 6) is 0.120. The van der Waals surface area contributed by atoms with Gasteiger partial charge >= 0.3 is 0 Å². The maximum absolute atomic E-state index is 9.82. The molecule has 0 aromatic heterocycles. The monoisotopic (exact) mass is 365 g/mol. The maximum Gasteiger partial charge on any atom is 0.184 e. The van der Waals surface area contributed by atoms with Gasteiger partial charge in [-0.3, -0.25) is 5.43 Å². The number of hydrogen-bond acceptors (Lipinski definition) is 3. The lowest BCUT2D eigenvalue weighted by Crippen LogP contribution is -2.24. The highest BCUT2D eigenvalue weighted by Gasteiger charge is 2.10. The number of phenolic OH excluding ortho intramolecular Hbond substituents is 1. The summed E-state index contributed by atoms with van der Waals surface area (Å²) in [6.07, 6.45) is 1.43. The minimum absolute atomic E-state index is 0.0704. The lowest BCUT2D eigenvalue weighted by atomic mass is 10.1. The van der Waals surface area contributed by atoms with E-state index in [9.17, 15) is 5.11 Å². The molecule has 7 heteroatoms. The van der Waals surface area contributed by atoms with Gasteiger partial charge in [0.2, 0.25) is 0 Å². The Kier molecular flexibility index (Phi) is 4.69. The highest BCUT2D eigenvalue weighted by Crippen LogP contribution is 2.35. The van der Waals surface area contributed by atoms with Crippen molar-refractivity contribution < 1.29 is 5.11 Å². The number of nitrogens with zero attached hydrogens (tertiary/aromatic N) is 1. The standard InChI is InChI=1S/C9H9Br2N3OS/c1-4-6(10)2-5(8(15)7(4)11)3-13-14-9(12)16/h2-3,15H,1H3,(H3,12,14,16). The van der Waals surface area contributed by atoms with Crippen molar-refractivity contribution in [2.75, 3.05) is 0 Å². The van der Waals surface area contributed by atoms with Crippen molar-refractivity contribution in [3.63, 3.8) is 0 Å². The van der Waals surface area contributed by atoms with Crippen LogP contribution < -0.4 is 11.2 Å². The van der Waals surface area contributed by atoms with Crippen LogP contribution in [0.1, 0.15) is 11.1 Å². The summed E-state index contributed by atoms with van der Waals surface area (Å²) < 4.78 is 1.49. The molecule has 0 aliphatic carbocycles. The first-order valence-corrected chi connectivity index (χ1v) is 6.19. The molecule has 0 bridgehead atoms. The van der Waals surface area contributed by atoms with Crippen molar-refractivity contribution >= 4 is 55.4 Å². The summed E-state index contributed by atoms with van der Waals surface area (Å²) in [7, 11) is 0. The zero-order chi connectivity index (χ0) is 12.3. The average molecular weight is 367 g/mol. The molecule has 0 aliphatic rings. The molecule has 1 aromatic carbocycles. The molecule has 16 heavy (non-hydrogen) atoms. The van der Waals surface area contributed by atoms with Gasteiger partial charge in [0.1, 0.15) is 5.75 Å². The van der Waals surface area contributed by atoms with Crippen molar-refractivity contribution in [2.24, 2.45) is 10.8 Å². The second-order valence-electron chi connectivity index (χ2n) is 2.97. The number of aromatic hydroxyl groups is 1. The van der Waals surface area contributed by atoms with E-state index in [4.69, 9.17) is 5.73 Å². The number of benzene rings is 1. The van der Waals surface area contributed by atoms with Crippen molar-refractivity contribution in [2.45, 2.75) is 6.92 Å². The van der Waals surface area contributed by atoms with E-state index in [2.05, 4.69) is 54.6 Å². The number of nitrogens with one attached hydrogen (secondary N) is 1. The third-order valence-corrected chi connectivity index (χ3v) is 3.71. The molecule has 1 aromatic rings. The Bertz CT molecular complexity index is 463. The average Bonchev–Trinajstić information content (AvgIpc) is 2.22.